The monoisotopic (exact) mass is 218 g/mol. The number of hydrogen-bond acceptors (Lipinski definition) is 4. The molecule has 0 saturated carbocycles. The Bertz CT molecular complexity index is 516. The van der Waals surface area contributed by atoms with E-state index < -0.39 is 0 Å². The topological polar surface area (TPSA) is 89.4 Å². The first kappa shape index (κ1) is 11.2. The summed E-state index contributed by atoms with van der Waals surface area (Å²) in [6, 6.07) is 4.01. The maximum Gasteiger partial charge on any atom is 0.123 e. The summed E-state index contributed by atoms with van der Waals surface area (Å²) in [5.74, 6) is 0.241. The van der Waals surface area contributed by atoms with Crippen LogP contribution >= 0.6 is 12.2 Å². The van der Waals surface area contributed by atoms with Crippen molar-refractivity contribution in [2.75, 3.05) is 5.73 Å². The van der Waals surface area contributed by atoms with Crippen LogP contribution in [0.1, 0.15) is 30.0 Å². The van der Waals surface area contributed by atoms with E-state index in [-0.39, 0.29) is 5.82 Å². The Morgan fingerprint density at radius 2 is 1.93 bits per heavy atom. The number of nitrogens with zero attached hydrogens (tertiary/aromatic N) is 2. The number of pyridine rings is 1. The number of nitrogens with one attached hydrogen (secondary N) is 1. The lowest BCUT2D eigenvalue weighted by Gasteiger charge is -2.07. The van der Waals surface area contributed by atoms with Crippen molar-refractivity contribution in [2.45, 2.75) is 19.8 Å². The van der Waals surface area contributed by atoms with Crippen LogP contribution in [0.4, 0.5) is 5.82 Å². The van der Waals surface area contributed by atoms with Gasteiger partial charge in [0.1, 0.15) is 22.6 Å². The van der Waals surface area contributed by atoms with Crippen molar-refractivity contribution in [1.82, 2.24) is 4.98 Å². The predicted molar refractivity (Wildman–Crippen MR) is 59.5 cm³/mol. The lowest BCUT2D eigenvalue weighted by molar-refractivity contribution is 0.909. The third kappa shape index (κ3) is 1.98. The zero-order valence-electron chi connectivity index (χ0n) is 8.29. The second kappa shape index (κ2) is 4.59. The molecule has 0 aromatic carbocycles. The van der Waals surface area contributed by atoms with Gasteiger partial charge in [-0.2, -0.15) is 10.5 Å². The molecule has 3 N–H and O–H groups in total. The van der Waals surface area contributed by atoms with E-state index in [0.29, 0.717) is 27.8 Å². The maximum atomic E-state index is 8.95. The summed E-state index contributed by atoms with van der Waals surface area (Å²) in [5.41, 5.74) is 6.98. The number of H-pyrrole nitrogens is 1. The first-order valence-corrected chi connectivity index (χ1v) is 4.91. The Morgan fingerprint density at radius 1 is 1.33 bits per heavy atom. The van der Waals surface area contributed by atoms with Gasteiger partial charge >= 0.3 is 0 Å². The summed E-state index contributed by atoms with van der Waals surface area (Å²) < 4.78 is 0.303. The molecule has 0 aliphatic rings. The van der Waals surface area contributed by atoms with E-state index >= 15 is 0 Å². The second-order valence-corrected chi connectivity index (χ2v) is 3.48. The largest absolute Gasteiger partial charge is 0.384 e. The van der Waals surface area contributed by atoms with Gasteiger partial charge in [0.05, 0.1) is 11.1 Å². The van der Waals surface area contributed by atoms with E-state index in [1.807, 2.05) is 19.1 Å². The number of nitrogens with two attached hydrogens (primary N) is 1. The fraction of sp³-hybridized carbons (Fsp3) is 0.300. The minimum atomic E-state index is 0.241. The van der Waals surface area contributed by atoms with Crippen LogP contribution in [0.3, 0.4) is 0 Å². The molecule has 76 valence electrons. The molecule has 15 heavy (non-hydrogen) atoms. The first-order valence-electron chi connectivity index (χ1n) is 4.50. The summed E-state index contributed by atoms with van der Waals surface area (Å²) in [7, 11) is 0. The van der Waals surface area contributed by atoms with E-state index in [1.54, 1.807) is 0 Å². The highest BCUT2D eigenvalue weighted by molar-refractivity contribution is 7.71. The number of hydrogen-bond donors (Lipinski definition) is 2. The molecule has 0 aliphatic carbocycles. The van der Waals surface area contributed by atoms with Crippen LogP contribution in [0.2, 0.25) is 0 Å². The quantitative estimate of drug-likeness (QED) is 0.743. The van der Waals surface area contributed by atoms with Crippen molar-refractivity contribution in [1.29, 1.82) is 10.5 Å². The number of rotatable bonds is 2. The first-order chi connectivity index (χ1) is 7.15. The lowest BCUT2D eigenvalue weighted by atomic mass is 10.0. The Balaban J connectivity index is 3.62. The number of nitrogen functional groups attached to an aromatic ring is 1. The van der Waals surface area contributed by atoms with E-state index in [0.717, 1.165) is 6.42 Å². The van der Waals surface area contributed by atoms with Gasteiger partial charge in [0, 0.05) is 0 Å². The van der Waals surface area contributed by atoms with E-state index in [1.165, 1.54) is 0 Å². The van der Waals surface area contributed by atoms with Crippen molar-refractivity contribution in [2.24, 2.45) is 0 Å². The van der Waals surface area contributed by atoms with Crippen LogP contribution < -0.4 is 5.73 Å². The maximum absolute atomic E-state index is 8.95. The van der Waals surface area contributed by atoms with Crippen LogP contribution in [0.25, 0.3) is 0 Å². The average Bonchev–Trinajstić information content (AvgIpc) is 2.18. The van der Waals surface area contributed by atoms with Crippen LogP contribution in [0.15, 0.2) is 0 Å². The van der Waals surface area contributed by atoms with Gasteiger partial charge in [-0.15, -0.1) is 0 Å². The molecule has 1 rings (SSSR count). The highest BCUT2D eigenvalue weighted by Crippen LogP contribution is 2.20. The molecular formula is C10H10N4S. The molecule has 5 heteroatoms. The van der Waals surface area contributed by atoms with Gasteiger partial charge in [-0.25, -0.2) is 0 Å². The van der Waals surface area contributed by atoms with Gasteiger partial charge in [0.2, 0.25) is 0 Å². The van der Waals surface area contributed by atoms with E-state index in [9.17, 15) is 0 Å². The fourth-order valence-corrected chi connectivity index (χ4v) is 1.70. The number of anilines is 1. The highest BCUT2D eigenvalue weighted by atomic mass is 32.1. The van der Waals surface area contributed by atoms with Crippen LogP contribution in [-0.2, 0) is 6.42 Å². The molecular weight excluding hydrogens is 208 g/mol. The van der Waals surface area contributed by atoms with Gasteiger partial charge < -0.3 is 10.7 Å². The third-order valence-corrected chi connectivity index (χ3v) is 2.38. The van der Waals surface area contributed by atoms with Crippen molar-refractivity contribution < 1.29 is 0 Å². The molecule has 0 saturated heterocycles. The summed E-state index contributed by atoms with van der Waals surface area (Å²) in [6.45, 7) is 1.97. The van der Waals surface area contributed by atoms with Gasteiger partial charge in [-0.05, 0) is 12.0 Å². The molecule has 0 spiro atoms. The van der Waals surface area contributed by atoms with Crippen molar-refractivity contribution in [3.63, 3.8) is 0 Å². The van der Waals surface area contributed by atoms with E-state index in [2.05, 4.69) is 4.98 Å². The summed E-state index contributed by atoms with van der Waals surface area (Å²) in [6.07, 6.45) is 1.47. The Kier molecular flexibility index (Phi) is 3.43. The molecule has 1 heterocycles. The number of aromatic nitrogens is 1. The van der Waals surface area contributed by atoms with E-state index in [4.69, 9.17) is 28.5 Å². The van der Waals surface area contributed by atoms with Gasteiger partial charge in [0.25, 0.3) is 0 Å². The molecule has 1 aromatic heterocycles. The molecule has 4 nitrogen and oxygen atoms in total. The van der Waals surface area contributed by atoms with Crippen LogP contribution in [0, 0.1) is 27.3 Å². The smallest absolute Gasteiger partial charge is 0.123 e. The lowest BCUT2D eigenvalue weighted by Crippen LogP contribution is -2.04. The average molecular weight is 218 g/mol. The summed E-state index contributed by atoms with van der Waals surface area (Å²) in [5, 5.41) is 17.9. The molecule has 0 fully saturated rings. The zero-order chi connectivity index (χ0) is 11.4. The normalized spacial score (nSPS) is 9.27. The second-order valence-electron chi connectivity index (χ2n) is 3.07. The Hall–Kier alpha value is -1.85. The highest BCUT2D eigenvalue weighted by Gasteiger charge is 2.13. The Labute approximate surface area is 93.0 Å². The summed E-state index contributed by atoms with van der Waals surface area (Å²) >= 11 is 4.98. The SMILES string of the molecule is CCCc1c(C#N)c(N)[nH]c(=S)c1C#N. The van der Waals surface area contributed by atoms with Gasteiger partial charge in [-0.1, -0.05) is 25.6 Å². The number of nitriles is 2. The van der Waals surface area contributed by atoms with Crippen LogP contribution in [0.5, 0.6) is 0 Å². The van der Waals surface area contributed by atoms with Gasteiger partial charge in [0.15, 0.2) is 0 Å². The summed E-state index contributed by atoms with van der Waals surface area (Å²) in [4.78, 5) is 2.66. The number of aromatic amines is 1. The fourth-order valence-electron chi connectivity index (χ4n) is 1.42. The Morgan fingerprint density at radius 3 is 2.40 bits per heavy atom. The molecule has 1 aromatic rings. The minimum Gasteiger partial charge on any atom is -0.384 e. The third-order valence-electron chi connectivity index (χ3n) is 2.07. The predicted octanol–water partition coefficient (Wildman–Crippen LogP) is 2.02. The standard InChI is InChI=1S/C10H10N4S/c1-2-3-6-7(4-11)9(13)14-10(15)8(6)5-12/h2-3H2,1H3,(H3,13,14,15). The minimum absolute atomic E-state index is 0.241. The molecule has 0 amide bonds. The van der Waals surface area contributed by atoms with Crippen molar-refractivity contribution in [3.8, 4) is 12.1 Å². The van der Waals surface area contributed by atoms with Gasteiger partial charge in [-0.3, -0.25) is 0 Å². The molecule has 0 atom stereocenters. The molecule has 0 bridgehead atoms. The molecule has 0 aliphatic heterocycles. The van der Waals surface area contributed by atoms with Crippen molar-refractivity contribution in [3.05, 3.63) is 21.3 Å². The molecule has 0 radical (unpaired) electrons. The van der Waals surface area contributed by atoms with Crippen molar-refractivity contribution >= 4 is 18.0 Å². The zero-order valence-corrected chi connectivity index (χ0v) is 9.11. The molecule has 0 unspecified atom stereocenters. The van der Waals surface area contributed by atoms with Crippen LogP contribution in [-0.4, -0.2) is 4.98 Å².